The van der Waals surface area contributed by atoms with Gasteiger partial charge in [0.05, 0.1) is 0 Å². The van der Waals surface area contributed by atoms with Crippen LogP contribution in [0.4, 0.5) is 0 Å². The molecule has 0 aromatic rings. The fourth-order valence-electron chi connectivity index (χ4n) is 4.78. The number of amides is 1. The highest BCUT2D eigenvalue weighted by Gasteiger charge is 2.10. The number of halogens is 1. The van der Waals surface area contributed by atoms with Crippen LogP contribution in [0.5, 0.6) is 0 Å². The van der Waals surface area contributed by atoms with Crippen molar-refractivity contribution >= 4 is 21.8 Å². The van der Waals surface area contributed by atoms with Gasteiger partial charge in [-0.1, -0.05) is 177 Å². The Hall–Kier alpha value is -0.0500. The largest absolute Gasteiger partial charge is 0.356 e. The first-order chi connectivity index (χ1) is 16.7. The Morgan fingerprint density at radius 1 is 0.529 bits per heavy atom. The van der Waals surface area contributed by atoms with Crippen LogP contribution in [0.15, 0.2) is 0 Å². The standard InChI is InChI=1S/C31H62BrNO/c1-3-5-7-9-11-13-15-17-19-21-23-25-27-30(32)29-31(34)33-28-26-24-22-20-18-16-14-12-10-8-6-4-2/h30H,3-29H2,1-2H3,(H,33,34). The number of nitrogens with one attached hydrogen (secondary N) is 1. The van der Waals surface area contributed by atoms with Crippen LogP contribution in [0.25, 0.3) is 0 Å². The predicted molar refractivity (Wildman–Crippen MR) is 157 cm³/mol. The average molecular weight is 545 g/mol. The maximum Gasteiger partial charge on any atom is 0.221 e. The zero-order valence-corrected chi connectivity index (χ0v) is 25.0. The number of unbranched alkanes of at least 4 members (excludes halogenated alkanes) is 22. The van der Waals surface area contributed by atoms with Gasteiger partial charge in [0.1, 0.15) is 0 Å². The summed E-state index contributed by atoms with van der Waals surface area (Å²) in [5.41, 5.74) is 0. The van der Waals surface area contributed by atoms with Crippen LogP contribution >= 0.6 is 15.9 Å². The van der Waals surface area contributed by atoms with Gasteiger partial charge in [-0.25, -0.2) is 0 Å². The molecule has 0 saturated carbocycles. The molecule has 0 bridgehead atoms. The molecule has 0 aliphatic rings. The molecule has 0 aromatic carbocycles. The van der Waals surface area contributed by atoms with Crippen molar-refractivity contribution in [2.75, 3.05) is 6.54 Å². The summed E-state index contributed by atoms with van der Waals surface area (Å²) in [4.78, 5) is 12.5. The highest BCUT2D eigenvalue weighted by molar-refractivity contribution is 9.09. The molecule has 0 saturated heterocycles. The lowest BCUT2D eigenvalue weighted by atomic mass is 10.0. The molecule has 2 nitrogen and oxygen atoms in total. The van der Waals surface area contributed by atoms with Gasteiger partial charge in [-0.05, 0) is 12.8 Å². The lowest BCUT2D eigenvalue weighted by Crippen LogP contribution is -2.26. The van der Waals surface area contributed by atoms with Crippen molar-refractivity contribution < 1.29 is 4.79 Å². The van der Waals surface area contributed by atoms with E-state index in [-0.39, 0.29) is 5.91 Å². The molecule has 1 unspecified atom stereocenters. The first-order valence-electron chi connectivity index (χ1n) is 15.6. The normalized spacial score (nSPS) is 12.2. The van der Waals surface area contributed by atoms with Gasteiger partial charge in [-0.15, -0.1) is 0 Å². The minimum absolute atomic E-state index is 0.226. The van der Waals surface area contributed by atoms with E-state index in [4.69, 9.17) is 0 Å². The summed E-state index contributed by atoms with van der Waals surface area (Å²) in [5.74, 6) is 0.226. The molecule has 1 N–H and O–H groups in total. The van der Waals surface area contributed by atoms with Crippen molar-refractivity contribution in [1.29, 1.82) is 0 Å². The average Bonchev–Trinajstić information content (AvgIpc) is 2.82. The third kappa shape index (κ3) is 28.2. The number of hydrogen-bond acceptors (Lipinski definition) is 1. The lowest BCUT2D eigenvalue weighted by molar-refractivity contribution is -0.121. The zero-order chi connectivity index (χ0) is 25.0. The van der Waals surface area contributed by atoms with Crippen LogP contribution in [0.3, 0.4) is 0 Å². The number of rotatable bonds is 28. The van der Waals surface area contributed by atoms with Gasteiger partial charge in [0.15, 0.2) is 0 Å². The highest BCUT2D eigenvalue weighted by atomic mass is 79.9. The molecule has 0 spiro atoms. The Labute approximate surface area is 223 Å². The summed E-state index contributed by atoms with van der Waals surface area (Å²) in [6, 6.07) is 0. The molecular formula is C31H62BrNO. The van der Waals surface area contributed by atoms with Gasteiger partial charge >= 0.3 is 0 Å². The number of carbonyl (C=O) groups is 1. The first kappa shape index (κ1) is 34.0. The Balaban J connectivity index is 3.28. The van der Waals surface area contributed by atoms with Crippen LogP contribution < -0.4 is 5.32 Å². The third-order valence-corrected chi connectivity index (χ3v) is 7.91. The molecule has 1 amide bonds. The van der Waals surface area contributed by atoms with E-state index < -0.39 is 0 Å². The SMILES string of the molecule is CCCCCCCCCCCCCCNC(=O)CC(Br)CCCCCCCCCCCCCC. The Bertz CT molecular complexity index is 401. The summed E-state index contributed by atoms with van der Waals surface area (Å²) in [6.07, 6.45) is 34.8. The van der Waals surface area contributed by atoms with Crippen LogP contribution in [0.1, 0.15) is 181 Å². The van der Waals surface area contributed by atoms with Gasteiger partial charge in [0.25, 0.3) is 0 Å². The fourth-order valence-corrected chi connectivity index (χ4v) is 5.39. The van der Waals surface area contributed by atoms with Crippen LogP contribution in [-0.4, -0.2) is 17.3 Å². The number of carbonyl (C=O) groups excluding carboxylic acids is 1. The monoisotopic (exact) mass is 543 g/mol. The van der Waals surface area contributed by atoms with Crippen molar-refractivity contribution in [3.8, 4) is 0 Å². The predicted octanol–water partition coefficient (Wildman–Crippen LogP) is 11.0. The van der Waals surface area contributed by atoms with Crippen LogP contribution in [0, 0.1) is 0 Å². The molecule has 0 aliphatic carbocycles. The Morgan fingerprint density at radius 2 is 0.853 bits per heavy atom. The van der Waals surface area contributed by atoms with Crippen LogP contribution in [0.2, 0.25) is 0 Å². The van der Waals surface area contributed by atoms with E-state index in [1.807, 2.05) is 0 Å². The molecule has 0 rings (SSSR count). The second kappa shape index (κ2) is 29.2. The van der Waals surface area contributed by atoms with Crippen molar-refractivity contribution in [3.63, 3.8) is 0 Å². The molecule has 0 heterocycles. The Morgan fingerprint density at radius 3 is 1.24 bits per heavy atom. The third-order valence-electron chi connectivity index (χ3n) is 7.13. The summed E-state index contributed by atoms with van der Waals surface area (Å²) in [5, 5.41) is 3.13. The second-order valence-corrected chi connectivity index (χ2v) is 12.0. The topological polar surface area (TPSA) is 29.1 Å². The van der Waals surface area contributed by atoms with E-state index in [2.05, 4.69) is 35.1 Å². The molecule has 34 heavy (non-hydrogen) atoms. The molecular weight excluding hydrogens is 482 g/mol. The molecule has 0 fully saturated rings. The van der Waals surface area contributed by atoms with E-state index in [0.29, 0.717) is 11.2 Å². The molecule has 0 radical (unpaired) electrons. The number of alkyl halides is 1. The smallest absolute Gasteiger partial charge is 0.221 e. The van der Waals surface area contributed by atoms with E-state index >= 15 is 0 Å². The molecule has 1 atom stereocenters. The number of hydrogen-bond donors (Lipinski definition) is 1. The quantitative estimate of drug-likeness (QED) is 0.0770. The van der Waals surface area contributed by atoms with Gasteiger partial charge < -0.3 is 5.32 Å². The van der Waals surface area contributed by atoms with Crippen molar-refractivity contribution in [2.45, 2.75) is 186 Å². The molecule has 204 valence electrons. The van der Waals surface area contributed by atoms with Crippen molar-refractivity contribution in [3.05, 3.63) is 0 Å². The highest BCUT2D eigenvalue weighted by Crippen LogP contribution is 2.17. The minimum Gasteiger partial charge on any atom is -0.356 e. The maximum absolute atomic E-state index is 12.1. The summed E-state index contributed by atoms with van der Waals surface area (Å²) >= 11 is 3.73. The fraction of sp³-hybridized carbons (Fsp3) is 0.968. The summed E-state index contributed by atoms with van der Waals surface area (Å²) < 4.78 is 0. The van der Waals surface area contributed by atoms with Gasteiger partial charge in [0, 0.05) is 17.8 Å². The molecule has 3 heteroatoms. The van der Waals surface area contributed by atoms with Crippen LogP contribution in [-0.2, 0) is 4.79 Å². The maximum atomic E-state index is 12.1. The Kier molecular flexibility index (Phi) is 29.1. The minimum atomic E-state index is 0.226. The van der Waals surface area contributed by atoms with E-state index in [9.17, 15) is 4.79 Å². The first-order valence-corrected chi connectivity index (χ1v) is 16.5. The van der Waals surface area contributed by atoms with Crippen molar-refractivity contribution in [2.24, 2.45) is 0 Å². The van der Waals surface area contributed by atoms with Gasteiger partial charge in [-0.3, -0.25) is 4.79 Å². The summed E-state index contributed by atoms with van der Waals surface area (Å²) in [6.45, 7) is 5.42. The molecule has 0 aromatic heterocycles. The summed E-state index contributed by atoms with van der Waals surface area (Å²) in [7, 11) is 0. The van der Waals surface area contributed by atoms with Crippen molar-refractivity contribution in [1.82, 2.24) is 5.32 Å². The van der Waals surface area contributed by atoms with E-state index in [1.165, 1.54) is 148 Å². The van der Waals surface area contributed by atoms with E-state index in [0.717, 1.165) is 19.4 Å². The van der Waals surface area contributed by atoms with Gasteiger partial charge in [-0.2, -0.15) is 0 Å². The lowest BCUT2D eigenvalue weighted by Gasteiger charge is -2.10. The van der Waals surface area contributed by atoms with Gasteiger partial charge in [0.2, 0.25) is 5.91 Å². The molecule has 0 aliphatic heterocycles. The zero-order valence-electron chi connectivity index (χ0n) is 23.5. The second-order valence-electron chi connectivity index (χ2n) is 10.7. The van der Waals surface area contributed by atoms with E-state index in [1.54, 1.807) is 0 Å².